The zero-order valence-corrected chi connectivity index (χ0v) is 19.1. The maximum absolute atomic E-state index is 13.2. The Morgan fingerprint density at radius 1 is 1.24 bits per heavy atom. The third-order valence-corrected chi connectivity index (χ3v) is 6.63. The third kappa shape index (κ3) is 3.88. The standard InChI is InChI=1S/C26H27N3O4/c1-15-6-10-20-21(13-15)28-25(27-20)22-5-4-12-29(22)24(30)11-9-19-16(2)18-8-7-17(32-3)14-23(18)33-26(19)31/h6-8,10,13-14,22H,4-5,9,11-12H2,1-3H3,(H,27,28)/t22-/m1/s1. The van der Waals surface area contributed by atoms with Crippen LogP contribution in [0, 0.1) is 13.8 Å². The SMILES string of the molecule is COc1ccc2c(C)c(CCC(=O)N3CCC[C@@H]3c3nc4ccc(C)cc4[nH]3)c(=O)oc2c1. The number of hydrogen-bond acceptors (Lipinski definition) is 5. The minimum atomic E-state index is -0.397. The molecule has 1 fully saturated rings. The second kappa shape index (κ2) is 8.39. The fourth-order valence-corrected chi connectivity index (χ4v) is 4.82. The summed E-state index contributed by atoms with van der Waals surface area (Å²) in [6.45, 7) is 4.65. The lowest BCUT2D eigenvalue weighted by molar-refractivity contribution is -0.132. The highest BCUT2D eigenvalue weighted by atomic mass is 16.5. The Balaban J connectivity index is 1.36. The molecule has 1 aliphatic heterocycles. The van der Waals surface area contributed by atoms with Crippen LogP contribution < -0.4 is 10.4 Å². The maximum Gasteiger partial charge on any atom is 0.339 e. The van der Waals surface area contributed by atoms with Crippen molar-refractivity contribution in [1.82, 2.24) is 14.9 Å². The lowest BCUT2D eigenvalue weighted by Gasteiger charge is -2.23. The van der Waals surface area contributed by atoms with E-state index < -0.39 is 5.63 Å². The molecule has 7 heteroatoms. The molecule has 4 aromatic rings. The molecule has 2 aromatic heterocycles. The first kappa shape index (κ1) is 21.2. The van der Waals surface area contributed by atoms with Gasteiger partial charge in [0.15, 0.2) is 0 Å². The van der Waals surface area contributed by atoms with Crippen molar-refractivity contribution in [2.75, 3.05) is 13.7 Å². The molecule has 170 valence electrons. The van der Waals surface area contributed by atoms with Crippen LogP contribution in [0.3, 0.4) is 0 Å². The number of rotatable bonds is 5. The number of likely N-dealkylation sites (tertiary alicyclic amines) is 1. The van der Waals surface area contributed by atoms with Crippen molar-refractivity contribution >= 4 is 27.9 Å². The summed E-state index contributed by atoms with van der Waals surface area (Å²) in [5.74, 6) is 1.49. The molecule has 3 heterocycles. The van der Waals surface area contributed by atoms with E-state index >= 15 is 0 Å². The van der Waals surface area contributed by atoms with E-state index in [2.05, 4.69) is 11.1 Å². The molecule has 0 aliphatic carbocycles. The largest absolute Gasteiger partial charge is 0.497 e. The molecule has 0 spiro atoms. The van der Waals surface area contributed by atoms with Crippen LogP contribution in [-0.2, 0) is 11.2 Å². The van der Waals surface area contributed by atoms with Crippen LogP contribution >= 0.6 is 0 Å². The summed E-state index contributed by atoms with van der Waals surface area (Å²) in [7, 11) is 1.57. The Bertz CT molecular complexity index is 1420. The smallest absolute Gasteiger partial charge is 0.339 e. The van der Waals surface area contributed by atoms with Gasteiger partial charge in [-0.15, -0.1) is 0 Å². The topological polar surface area (TPSA) is 88.4 Å². The number of ether oxygens (including phenoxy) is 1. The van der Waals surface area contributed by atoms with Crippen LogP contribution in [0.2, 0.25) is 0 Å². The average molecular weight is 446 g/mol. The Hall–Kier alpha value is -3.61. The minimum absolute atomic E-state index is 0.0303. The molecule has 0 unspecified atom stereocenters. The van der Waals surface area contributed by atoms with Crippen molar-refractivity contribution in [2.24, 2.45) is 0 Å². The number of benzene rings is 2. The van der Waals surface area contributed by atoms with E-state index in [1.807, 2.05) is 43.0 Å². The van der Waals surface area contributed by atoms with Gasteiger partial charge in [0.1, 0.15) is 17.2 Å². The highest BCUT2D eigenvalue weighted by Crippen LogP contribution is 2.32. The number of nitrogens with zero attached hydrogens (tertiary/aromatic N) is 2. The number of carbonyl (C=O) groups is 1. The highest BCUT2D eigenvalue weighted by Gasteiger charge is 2.32. The molecule has 1 atom stereocenters. The van der Waals surface area contributed by atoms with Crippen molar-refractivity contribution in [2.45, 2.75) is 45.6 Å². The van der Waals surface area contributed by atoms with Gasteiger partial charge < -0.3 is 19.0 Å². The fourth-order valence-electron chi connectivity index (χ4n) is 4.82. The van der Waals surface area contributed by atoms with Gasteiger partial charge in [-0.1, -0.05) is 6.07 Å². The second-order valence-corrected chi connectivity index (χ2v) is 8.74. The van der Waals surface area contributed by atoms with Gasteiger partial charge in [0.05, 0.1) is 24.2 Å². The zero-order chi connectivity index (χ0) is 23.1. The van der Waals surface area contributed by atoms with Gasteiger partial charge in [0.25, 0.3) is 0 Å². The first-order valence-corrected chi connectivity index (χ1v) is 11.3. The molecular formula is C26H27N3O4. The third-order valence-electron chi connectivity index (χ3n) is 6.63. The van der Waals surface area contributed by atoms with Crippen molar-refractivity contribution < 1.29 is 13.9 Å². The molecule has 0 saturated carbocycles. The number of aromatic amines is 1. The normalized spacial score (nSPS) is 16.1. The zero-order valence-electron chi connectivity index (χ0n) is 19.1. The van der Waals surface area contributed by atoms with Crippen molar-refractivity contribution in [3.05, 3.63) is 69.3 Å². The van der Waals surface area contributed by atoms with Crippen molar-refractivity contribution in [3.8, 4) is 5.75 Å². The number of aromatic nitrogens is 2. The summed E-state index contributed by atoms with van der Waals surface area (Å²) in [5, 5.41) is 0.856. The first-order valence-electron chi connectivity index (χ1n) is 11.3. The van der Waals surface area contributed by atoms with E-state index in [-0.39, 0.29) is 18.4 Å². The highest BCUT2D eigenvalue weighted by molar-refractivity contribution is 5.83. The minimum Gasteiger partial charge on any atom is -0.497 e. The Kier molecular flexibility index (Phi) is 5.40. The predicted molar refractivity (Wildman–Crippen MR) is 127 cm³/mol. The van der Waals surface area contributed by atoms with Crippen LogP contribution in [0.25, 0.3) is 22.0 Å². The summed E-state index contributed by atoms with van der Waals surface area (Å²) >= 11 is 0. The summed E-state index contributed by atoms with van der Waals surface area (Å²) < 4.78 is 10.8. The Morgan fingerprint density at radius 2 is 2.09 bits per heavy atom. The van der Waals surface area contributed by atoms with Crippen molar-refractivity contribution in [1.29, 1.82) is 0 Å². The van der Waals surface area contributed by atoms with Gasteiger partial charge in [-0.3, -0.25) is 4.79 Å². The molecule has 7 nitrogen and oxygen atoms in total. The van der Waals surface area contributed by atoms with Crippen LogP contribution in [0.5, 0.6) is 5.75 Å². The number of amides is 1. The molecule has 1 saturated heterocycles. The second-order valence-electron chi connectivity index (χ2n) is 8.74. The van der Waals surface area contributed by atoms with E-state index in [0.717, 1.165) is 40.6 Å². The van der Waals surface area contributed by atoms with Crippen LogP contribution in [0.15, 0.2) is 45.6 Å². The van der Waals surface area contributed by atoms with E-state index in [1.54, 1.807) is 13.2 Å². The maximum atomic E-state index is 13.2. The van der Waals surface area contributed by atoms with E-state index in [0.29, 0.717) is 29.9 Å². The quantitative estimate of drug-likeness (QED) is 0.454. The number of imidazole rings is 1. The predicted octanol–water partition coefficient (Wildman–Crippen LogP) is 4.59. The number of hydrogen-bond donors (Lipinski definition) is 1. The summed E-state index contributed by atoms with van der Waals surface area (Å²) in [6, 6.07) is 11.5. The number of H-pyrrole nitrogens is 1. The monoisotopic (exact) mass is 445 g/mol. The molecule has 0 bridgehead atoms. The van der Waals surface area contributed by atoms with Gasteiger partial charge in [0.2, 0.25) is 5.91 Å². The lowest BCUT2D eigenvalue weighted by Crippen LogP contribution is -2.31. The summed E-state index contributed by atoms with van der Waals surface area (Å²) in [5.41, 5.74) is 4.57. The summed E-state index contributed by atoms with van der Waals surface area (Å²) in [6.07, 6.45) is 2.41. The van der Waals surface area contributed by atoms with Crippen molar-refractivity contribution in [3.63, 3.8) is 0 Å². The van der Waals surface area contributed by atoms with Gasteiger partial charge in [-0.2, -0.15) is 0 Å². The van der Waals surface area contributed by atoms with E-state index in [9.17, 15) is 9.59 Å². The number of fused-ring (bicyclic) bond motifs is 2. The van der Waals surface area contributed by atoms with Gasteiger partial charge in [0, 0.05) is 30.0 Å². The number of methoxy groups -OCH3 is 1. The van der Waals surface area contributed by atoms with Crippen LogP contribution in [0.4, 0.5) is 0 Å². The average Bonchev–Trinajstić information content (AvgIpc) is 3.45. The Labute approximate surface area is 191 Å². The molecule has 1 aliphatic rings. The number of aryl methyl sites for hydroxylation is 2. The van der Waals surface area contributed by atoms with Gasteiger partial charge >= 0.3 is 5.63 Å². The first-order chi connectivity index (χ1) is 15.9. The lowest BCUT2D eigenvalue weighted by atomic mass is 10.0. The van der Waals surface area contributed by atoms with E-state index in [4.69, 9.17) is 14.1 Å². The molecule has 1 amide bonds. The summed E-state index contributed by atoms with van der Waals surface area (Å²) in [4.78, 5) is 35.9. The van der Waals surface area contributed by atoms with Gasteiger partial charge in [-0.05, 0) is 68.5 Å². The van der Waals surface area contributed by atoms with Gasteiger partial charge in [-0.25, -0.2) is 9.78 Å². The molecular weight excluding hydrogens is 418 g/mol. The van der Waals surface area contributed by atoms with E-state index in [1.165, 1.54) is 5.56 Å². The molecule has 2 aromatic carbocycles. The Morgan fingerprint density at radius 3 is 2.91 bits per heavy atom. The number of carbonyl (C=O) groups excluding carboxylic acids is 1. The fraction of sp³-hybridized carbons (Fsp3) is 0.346. The molecule has 33 heavy (non-hydrogen) atoms. The molecule has 1 N–H and O–H groups in total. The van der Waals surface area contributed by atoms with Crippen LogP contribution in [0.1, 0.15) is 47.8 Å². The molecule has 0 radical (unpaired) electrons. The van der Waals surface area contributed by atoms with Crippen LogP contribution in [-0.4, -0.2) is 34.4 Å². The molecule has 5 rings (SSSR count). The number of nitrogens with one attached hydrogen (secondary N) is 1.